The molecule has 4 heteroatoms. The van der Waals surface area contributed by atoms with Crippen molar-refractivity contribution in [2.24, 2.45) is 0 Å². The van der Waals surface area contributed by atoms with Crippen LogP contribution in [0.1, 0.15) is 42.5 Å². The summed E-state index contributed by atoms with van der Waals surface area (Å²) in [4.78, 5) is 13.9. The van der Waals surface area contributed by atoms with Gasteiger partial charge in [0.1, 0.15) is 5.76 Å². The van der Waals surface area contributed by atoms with E-state index in [1.165, 1.54) is 0 Å². The maximum Gasteiger partial charge on any atom is 0.289 e. The van der Waals surface area contributed by atoms with Crippen LogP contribution in [0, 0.1) is 6.92 Å². The molecule has 0 bridgehead atoms. The average molecular weight is 237 g/mol. The molecule has 1 aromatic rings. The van der Waals surface area contributed by atoms with Crippen molar-refractivity contribution in [3.05, 3.63) is 23.7 Å². The van der Waals surface area contributed by atoms with Crippen LogP contribution in [0.5, 0.6) is 0 Å². The summed E-state index contributed by atoms with van der Waals surface area (Å²) in [6, 6.07) is 3.50. The van der Waals surface area contributed by atoms with E-state index in [0.29, 0.717) is 25.3 Å². The molecule has 1 amide bonds. The van der Waals surface area contributed by atoms with E-state index in [1.807, 2.05) is 13.8 Å². The number of amides is 1. The van der Waals surface area contributed by atoms with Crippen molar-refractivity contribution in [2.75, 3.05) is 13.1 Å². The molecule has 1 saturated heterocycles. The maximum atomic E-state index is 12.1. The van der Waals surface area contributed by atoms with Crippen molar-refractivity contribution in [3.8, 4) is 0 Å². The molecular weight excluding hydrogens is 218 g/mol. The lowest BCUT2D eigenvalue weighted by molar-refractivity contribution is 0.0434. The minimum Gasteiger partial charge on any atom is -0.456 e. The molecule has 1 N–H and O–H groups in total. The Kier molecular flexibility index (Phi) is 3.24. The summed E-state index contributed by atoms with van der Waals surface area (Å²) in [5.74, 6) is 1.06. The minimum absolute atomic E-state index is 0.0733. The van der Waals surface area contributed by atoms with Crippen molar-refractivity contribution in [2.45, 2.75) is 38.7 Å². The van der Waals surface area contributed by atoms with Gasteiger partial charge in [-0.05, 0) is 45.2 Å². The quantitative estimate of drug-likeness (QED) is 0.812. The number of hydrogen-bond donors (Lipinski definition) is 1. The molecular formula is C13H19NO3. The first-order chi connectivity index (χ1) is 7.98. The zero-order valence-corrected chi connectivity index (χ0v) is 10.4. The van der Waals surface area contributed by atoms with Gasteiger partial charge in [-0.3, -0.25) is 4.79 Å². The summed E-state index contributed by atoms with van der Waals surface area (Å²) >= 11 is 0. The van der Waals surface area contributed by atoms with Crippen molar-refractivity contribution in [3.63, 3.8) is 0 Å². The Morgan fingerprint density at radius 1 is 1.41 bits per heavy atom. The third kappa shape index (κ3) is 2.88. The van der Waals surface area contributed by atoms with Crippen molar-refractivity contribution >= 4 is 5.91 Å². The molecule has 94 valence electrons. The van der Waals surface area contributed by atoms with E-state index in [-0.39, 0.29) is 5.91 Å². The summed E-state index contributed by atoms with van der Waals surface area (Å²) in [6.07, 6.45) is 2.20. The molecule has 0 aliphatic carbocycles. The highest BCUT2D eigenvalue weighted by atomic mass is 16.3. The van der Waals surface area contributed by atoms with Gasteiger partial charge in [0.25, 0.3) is 5.91 Å². The molecule has 1 fully saturated rings. The van der Waals surface area contributed by atoms with Gasteiger partial charge < -0.3 is 14.4 Å². The number of aryl methyl sites for hydroxylation is 1. The molecule has 2 heterocycles. The fraction of sp³-hybridized carbons (Fsp3) is 0.615. The first-order valence-corrected chi connectivity index (χ1v) is 6.06. The van der Waals surface area contributed by atoms with Gasteiger partial charge in [-0.15, -0.1) is 0 Å². The van der Waals surface area contributed by atoms with Crippen LogP contribution in [0.3, 0.4) is 0 Å². The number of rotatable bonds is 1. The van der Waals surface area contributed by atoms with Crippen LogP contribution in [-0.2, 0) is 0 Å². The van der Waals surface area contributed by atoms with Crippen LogP contribution in [0.25, 0.3) is 0 Å². The molecule has 0 saturated carbocycles. The molecule has 1 atom stereocenters. The third-order valence-corrected chi connectivity index (χ3v) is 3.30. The van der Waals surface area contributed by atoms with Crippen molar-refractivity contribution in [1.82, 2.24) is 4.90 Å². The lowest BCUT2D eigenvalue weighted by Crippen LogP contribution is -2.33. The molecule has 0 radical (unpaired) electrons. The molecule has 1 unspecified atom stereocenters. The SMILES string of the molecule is Cc1ccc(C(=O)N2CCCC(C)(O)CC2)o1. The molecule has 0 aromatic carbocycles. The zero-order valence-electron chi connectivity index (χ0n) is 10.4. The number of likely N-dealkylation sites (tertiary alicyclic amines) is 1. The van der Waals surface area contributed by atoms with E-state index in [1.54, 1.807) is 17.0 Å². The highest BCUT2D eigenvalue weighted by Gasteiger charge is 2.28. The fourth-order valence-corrected chi connectivity index (χ4v) is 2.17. The normalized spacial score (nSPS) is 25.7. The Bertz CT molecular complexity index is 409. The van der Waals surface area contributed by atoms with Crippen LogP contribution in [0.4, 0.5) is 0 Å². The predicted octanol–water partition coefficient (Wildman–Crippen LogP) is 1.97. The van der Waals surface area contributed by atoms with Crippen LogP contribution < -0.4 is 0 Å². The fourth-order valence-electron chi connectivity index (χ4n) is 2.17. The standard InChI is InChI=1S/C13H19NO3/c1-10-4-5-11(17-10)12(15)14-8-3-6-13(2,16)7-9-14/h4-5,16H,3,6-9H2,1-2H3. The molecule has 1 aromatic heterocycles. The second-order valence-electron chi connectivity index (χ2n) is 5.05. The number of nitrogens with zero attached hydrogens (tertiary/aromatic N) is 1. The van der Waals surface area contributed by atoms with Gasteiger partial charge in [0.15, 0.2) is 5.76 Å². The van der Waals surface area contributed by atoms with E-state index in [4.69, 9.17) is 4.42 Å². The number of furan rings is 1. The van der Waals surface area contributed by atoms with Gasteiger partial charge in [-0.2, -0.15) is 0 Å². The maximum absolute atomic E-state index is 12.1. The molecule has 4 nitrogen and oxygen atoms in total. The highest BCUT2D eigenvalue weighted by molar-refractivity contribution is 5.91. The van der Waals surface area contributed by atoms with Crippen LogP contribution >= 0.6 is 0 Å². The van der Waals surface area contributed by atoms with Gasteiger partial charge in [-0.25, -0.2) is 0 Å². The van der Waals surface area contributed by atoms with Gasteiger partial charge in [0, 0.05) is 13.1 Å². The lowest BCUT2D eigenvalue weighted by atomic mass is 9.98. The van der Waals surface area contributed by atoms with Crippen LogP contribution in [-0.4, -0.2) is 34.6 Å². The summed E-state index contributed by atoms with van der Waals surface area (Å²) in [5, 5.41) is 9.97. The van der Waals surface area contributed by atoms with Gasteiger partial charge in [0.2, 0.25) is 0 Å². The Balaban J connectivity index is 2.05. The number of aliphatic hydroxyl groups is 1. The first-order valence-electron chi connectivity index (χ1n) is 6.06. The predicted molar refractivity (Wildman–Crippen MR) is 63.8 cm³/mol. The lowest BCUT2D eigenvalue weighted by Gasteiger charge is -2.21. The molecule has 2 rings (SSSR count). The number of hydrogen-bond acceptors (Lipinski definition) is 3. The Hall–Kier alpha value is -1.29. The summed E-state index contributed by atoms with van der Waals surface area (Å²) < 4.78 is 5.34. The Morgan fingerprint density at radius 2 is 2.18 bits per heavy atom. The van der Waals surface area contributed by atoms with E-state index < -0.39 is 5.60 Å². The molecule has 1 aliphatic rings. The number of carbonyl (C=O) groups excluding carboxylic acids is 1. The van der Waals surface area contributed by atoms with Crippen LogP contribution in [0.2, 0.25) is 0 Å². The smallest absolute Gasteiger partial charge is 0.289 e. The first kappa shape index (κ1) is 12.2. The van der Waals surface area contributed by atoms with Gasteiger partial charge in [0.05, 0.1) is 5.60 Å². The van der Waals surface area contributed by atoms with E-state index in [9.17, 15) is 9.90 Å². The average Bonchev–Trinajstić information content (AvgIpc) is 2.60. The van der Waals surface area contributed by atoms with Gasteiger partial charge in [-0.1, -0.05) is 0 Å². The second-order valence-corrected chi connectivity index (χ2v) is 5.05. The summed E-state index contributed by atoms with van der Waals surface area (Å²) in [6.45, 7) is 4.93. The molecule has 1 aliphatic heterocycles. The summed E-state index contributed by atoms with van der Waals surface area (Å²) in [5.41, 5.74) is -0.645. The number of carbonyl (C=O) groups is 1. The minimum atomic E-state index is -0.645. The van der Waals surface area contributed by atoms with E-state index in [2.05, 4.69) is 0 Å². The molecule has 0 spiro atoms. The highest BCUT2D eigenvalue weighted by Crippen LogP contribution is 2.22. The van der Waals surface area contributed by atoms with Crippen molar-refractivity contribution < 1.29 is 14.3 Å². The largest absolute Gasteiger partial charge is 0.456 e. The second kappa shape index (κ2) is 4.53. The van der Waals surface area contributed by atoms with E-state index >= 15 is 0 Å². The Morgan fingerprint density at radius 3 is 2.82 bits per heavy atom. The van der Waals surface area contributed by atoms with Gasteiger partial charge >= 0.3 is 0 Å². The molecule has 17 heavy (non-hydrogen) atoms. The monoisotopic (exact) mass is 237 g/mol. The topological polar surface area (TPSA) is 53.7 Å². The zero-order chi connectivity index (χ0) is 12.5. The van der Waals surface area contributed by atoms with Crippen LogP contribution in [0.15, 0.2) is 16.5 Å². The van der Waals surface area contributed by atoms with Crippen molar-refractivity contribution in [1.29, 1.82) is 0 Å². The third-order valence-electron chi connectivity index (χ3n) is 3.30. The Labute approximate surface area is 101 Å². The summed E-state index contributed by atoms with van der Waals surface area (Å²) in [7, 11) is 0. The van der Waals surface area contributed by atoms with E-state index in [0.717, 1.165) is 18.6 Å².